The van der Waals surface area contributed by atoms with Gasteiger partial charge in [-0.05, 0) is 31.3 Å². The van der Waals surface area contributed by atoms with E-state index in [0.717, 1.165) is 18.6 Å². The molecule has 0 aromatic heterocycles. The van der Waals surface area contributed by atoms with Crippen molar-refractivity contribution in [3.8, 4) is 5.75 Å². The number of para-hydroxylation sites is 1. The minimum atomic E-state index is -0.381. The normalized spacial score (nSPS) is 22.2. The summed E-state index contributed by atoms with van der Waals surface area (Å²) in [6.45, 7) is 0. The molecule has 0 spiro atoms. The van der Waals surface area contributed by atoms with Crippen LogP contribution in [0.4, 0.5) is 0 Å². The molecule has 114 valence electrons. The first-order chi connectivity index (χ1) is 11.4. The van der Waals surface area contributed by atoms with Gasteiger partial charge in [-0.3, -0.25) is 0 Å². The van der Waals surface area contributed by atoms with Gasteiger partial charge in [0.15, 0.2) is 0 Å². The summed E-state index contributed by atoms with van der Waals surface area (Å²) in [5.74, 6) is 1.33. The summed E-state index contributed by atoms with van der Waals surface area (Å²) in [6.07, 6.45) is 13.2. The summed E-state index contributed by atoms with van der Waals surface area (Å²) in [6, 6.07) is 19.0. The van der Waals surface area contributed by atoms with Gasteiger partial charge in [0.1, 0.15) is 11.6 Å². The van der Waals surface area contributed by atoms with Crippen LogP contribution in [0.2, 0.25) is 0 Å². The topological polar surface area (TPSA) is 9.23 Å². The standard InChI is InChI=1S/C21H19OP/c1-2-9-17(10-3-1)11-8-16-21-22-19-14-6-7-15-20(19)23(21)18-12-4-5-13-18/h1-12,14-15,21H,13,16H2/b11-8-/t21-,23?/m1/s1. The van der Waals surface area contributed by atoms with Crippen molar-refractivity contribution in [1.82, 2.24) is 0 Å². The minimum absolute atomic E-state index is 0.258. The van der Waals surface area contributed by atoms with Crippen LogP contribution in [0.1, 0.15) is 18.4 Å². The maximum Gasteiger partial charge on any atom is 0.129 e. The van der Waals surface area contributed by atoms with Crippen molar-refractivity contribution in [3.63, 3.8) is 0 Å². The molecular formula is C21H19OP. The van der Waals surface area contributed by atoms with Gasteiger partial charge in [0.2, 0.25) is 0 Å². The van der Waals surface area contributed by atoms with Gasteiger partial charge in [0.05, 0.1) is 0 Å². The molecule has 2 aromatic carbocycles. The quantitative estimate of drug-likeness (QED) is 0.680. The SMILES string of the molecule is C1=CCC(P2c3ccccc3O[C@H]2C/C=C\c2ccccc2)=C1. The van der Waals surface area contributed by atoms with E-state index in [1.165, 1.54) is 16.2 Å². The van der Waals surface area contributed by atoms with Crippen LogP contribution in [0.3, 0.4) is 0 Å². The summed E-state index contributed by atoms with van der Waals surface area (Å²) in [5.41, 5.74) is 1.24. The first kappa shape index (κ1) is 14.5. The molecule has 0 amide bonds. The summed E-state index contributed by atoms with van der Waals surface area (Å²) in [5, 5.41) is 2.93. The van der Waals surface area contributed by atoms with E-state index in [0.29, 0.717) is 0 Å². The molecule has 0 bridgehead atoms. The number of allylic oxidation sites excluding steroid dienone is 4. The smallest absolute Gasteiger partial charge is 0.129 e. The van der Waals surface area contributed by atoms with Crippen LogP contribution >= 0.6 is 7.92 Å². The number of rotatable bonds is 4. The van der Waals surface area contributed by atoms with Crippen molar-refractivity contribution in [2.24, 2.45) is 0 Å². The zero-order valence-corrected chi connectivity index (χ0v) is 13.8. The second kappa shape index (κ2) is 6.56. The second-order valence-corrected chi connectivity index (χ2v) is 8.12. The molecule has 2 aliphatic rings. The van der Waals surface area contributed by atoms with Gasteiger partial charge in [-0.25, -0.2) is 0 Å². The largest absolute Gasteiger partial charge is 0.484 e. The lowest BCUT2D eigenvalue weighted by molar-refractivity contribution is 0.299. The third-order valence-corrected chi connectivity index (χ3v) is 6.92. The number of benzene rings is 2. The average molecular weight is 318 g/mol. The van der Waals surface area contributed by atoms with Gasteiger partial charge in [-0.2, -0.15) is 0 Å². The fourth-order valence-electron chi connectivity index (χ4n) is 3.10. The predicted octanol–water partition coefficient (Wildman–Crippen LogP) is 5.46. The van der Waals surface area contributed by atoms with Gasteiger partial charge < -0.3 is 4.74 Å². The van der Waals surface area contributed by atoms with Gasteiger partial charge in [0, 0.05) is 11.7 Å². The van der Waals surface area contributed by atoms with E-state index in [9.17, 15) is 0 Å². The van der Waals surface area contributed by atoms with Crippen LogP contribution in [-0.2, 0) is 0 Å². The molecule has 0 saturated heterocycles. The Morgan fingerprint density at radius 2 is 1.87 bits per heavy atom. The molecule has 2 atom stereocenters. The average Bonchev–Trinajstić information content (AvgIpc) is 3.22. The van der Waals surface area contributed by atoms with E-state index in [-0.39, 0.29) is 13.8 Å². The van der Waals surface area contributed by atoms with Crippen LogP contribution < -0.4 is 10.0 Å². The maximum atomic E-state index is 6.28. The van der Waals surface area contributed by atoms with Crippen LogP contribution in [-0.4, -0.2) is 5.85 Å². The van der Waals surface area contributed by atoms with Gasteiger partial charge in [0.25, 0.3) is 0 Å². The molecule has 0 radical (unpaired) electrons. The Kier molecular flexibility index (Phi) is 4.13. The molecule has 1 unspecified atom stereocenters. The second-order valence-electron chi connectivity index (χ2n) is 5.75. The summed E-state index contributed by atoms with van der Waals surface area (Å²) < 4.78 is 6.28. The molecule has 1 aliphatic carbocycles. The molecule has 4 rings (SSSR count). The fraction of sp³-hybridized carbons (Fsp3) is 0.143. The van der Waals surface area contributed by atoms with E-state index < -0.39 is 0 Å². The highest BCUT2D eigenvalue weighted by molar-refractivity contribution is 7.70. The zero-order valence-electron chi connectivity index (χ0n) is 12.9. The van der Waals surface area contributed by atoms with Crippen molar-refractivity contribution in [2.75, 3.05) is 0 Å². The molecule has 2 aromatic rings. The lowest BCUT2D eigenvalue weighted by Gasteiger charge is -2.19. The number of hydrogen-bond acceptors (Lipinski definition) is 1. The Bertz CT molecular complexity index is 773. The Balaban J connectivity index is 1.55. The Morgan fingerprint density at radius 3 is 2.70 bits per heavy atom. The highest BCUT2D eigenvalue weighted by atomic mass is 31.1. The molecule has 1 nitrogen and oxygen atoms in total. The minimum Gasteiger partial charge on any atom is -0.484 e. The molecule has 1 aliphatic heterocycles. The summed E-state index contributed by atoms with van der Waals surface area (Å²) >= 11 is 0. The molecule has 1 heterocycles. The van der Waals surface area contributed by atoms with E-state index >= 15 is 0 Å². The lowest BCUT2D eigenvalue weighted by Crippen LogP contribution is -2.09. The maximum absolute atomic E-state index is 6.28. The highest BCUT2D eigenvalue weighted by Gasteiger charge is 2.35. The third kappa shape index (κ3) is 3.02. The number of ether oxygens (including phenoxy) is 1. The van der Waals surface area contributed by atoms with Crippen LogP contribution in [0, 0.1) is 0 Å². The van der Waals surface area contributed by atoms with Crippen LogP contribution in [0.15, 0.2) is 84.2 Å². The zero-order chi connectivity index (χ0) is 15.5. The van der Waals surface area contributed by atoms with E-state index in [4.69, 9.17) is 4.74 Å². The first-order valence-electron chi connectivity index (χ1n) is 8.04. The van der Waals surface area contributed by atoms with E-state index in [2.05, 4.69) is 78.9 Å². The van der Waals surface area contributed by atoms with Gasteiger partial charge >= 0.3 is 0 Å². The highest BCUT2D eigenvalue weighted by Crippen LogP contribution is 2.58. The van der Waals surface area contributed by atoms with Crippen molar-refractivity contribution in [2.45, 2.75) is 18.7 Å². The van der Waals surface area contributed by atoms with Gasteiger partial charge in [-0.1, -0.05) is 78.9 Å². The Hall–Kier alpha value is -2.11. The lowest BCUT2D eigenvalue weighted by atomic mass is 10.2. The van der Waals surface area contributed by atoms with E-state index in [1.807, 2.05) is 6.07 Å². The summed E-state index contributed by atoms with van der Waals surface area (Å²) in [4.78, 5) is 0. The van der Waals surface area contributed by atoms with Gasteiger partial charge in [-0.15, -0.1) is 0 Å². The summed E-state index contributed by atoms with van der Waals surface area (Å²) in [7, 11) is -0.381. The third-order valence-electron chi connectivity index (χ3n) is 4.18. The molecular weight excluding hydrogens is 299 g/mol. The Labute approximate surface area is 138 Å². The molecule has 2 heteroatoms. The van der Waals surface area contributed by atoms with Crippen molar-refractivity contribution < 1.29 is 4.74 Å². The van der Waals surface area contributed by atoms with Crippen LogP contribution in [0.5, 0.6) is 5.75 Å². The van der Waals surface area contributed by atoms with Crippen molar-refractivity contribution in [1.29, 1.82) is 0 Å². The molecule has 0 saturated carbocycles. The van der Waals surface area contributed by atoms with Crippen molar-refractivity contribution in [3.05, 3.63) is 89.8 Å². The number of fused-ring (bicyclic) bond motifs is 1. The monoisotopic (exact) mass is 318 g/mol. The fourth-order valence-corrected chi connectivity index (χ4v) is 5.80. The number of hydrogen-bond donors (Lipinski definition) is 0. The predicted molar refractivity (Wildman–Crippen MR) is 99.3 cm³/mol. The van der Waals surface area contributed by atoms with Crippen molar-refractivity contribution >= 4 is 19.3 Å². The molecule has 0 fully saturated rings. The first-order valence-corrected chi connectivity index (χ1v) is 9.45. The van der Waals surface area contributed by atoms with Crippen LogP contribution in [0.25, 0.3) is 6.08 Å². The molecule has 23 heavy (non-hydrogen) atoms. The molecule has 0 N–H and O–H groups in total. The van der Waals surface area contributed by atoms with E-state index in [1.54, 1.807) is 0 Å². The Morgan fingerprint density at radius 1 is 1.04 bits per heavy atom.